The van der Waals surface area contributed by atoms with Gasteiger partial charge in [0, 0.05) is 37.3 Å². The SMILES string of the molecule is COc1ccc2nc(CCCN(C)C(=O)Nc3ccc(C(C)=O)cc3)[nH]c2c1. The third-order valence-corrected chi connectivity index (χ3v) is 4.53. The molecule has 2 aromatic carbocycles. The number of Topliss-reactive ketones (excluding diaryl/α,β-unsaturated/α-hetero) is 1. The fourth-order valence-corrected chi connectivity index (χ4v) is 2.88. The van der Waals surface area contributed by atoms with Crippen LogP contribution in [0.2, 0.25) is 0 Å². The minimum Gasteiger partial charge on any atom is -0.497 e. The van der Waals surface area contributed by atoms with Crippen molar-refractivity contribution >= 4 is 28.5 Å². The van der Waals surface area contributed by atoms with Crippen LogP contribution >= 0.6 is 0 Å². The Balaban J connectivity index is 1.50. The summed E-state index contributed by atoms with van der Waals surface area (Å²) in [7, 11) is 3.39. The summed E-state index contributed by atoms with van der Waals surface area (Å²) in [5.74, 6) is 1.67. The molecule has 2 amide bonds. The van der Waals surface area contributed by atoms with Gasteiger partial charge in [0.15, 0.2) is 5.78 Å². The van der Waals surface area contributed by atoms with Gasteiger partial charge in [0.05, 0.1) is 18.1 Å². The first-order chi connectivity index (χ1) is 13.5. The Kier molecular flexibility index (Phi) is 5.93. The van der Waals surface area contributed by atoms with Crippen LogP contribution in [-0.2, 0) is 6.42 Å². The number of nitrogens with one attached hydrogen (secondary N) is 2. The number of methoxy groups -OCH3 is 1. The Morgan fingerprint density at radius 1 is 1.18 bits per heavy atom. The Hall–Kier alpha value is -3.35. The zero-order valence-corrected chi connectivity index (χ0v) is 16.3. The number of fused-ring (bicyclic) bond motifs is 1. The van der Waals surface area contributed by atoms with Crippen LogP contribution in [-0.4, -0.2) is 47.4 Å². The minimum absolute atomic E-state index is 0.000902. The van der Waals surface area contributed by atoms with Gasteiger partial charge in [0.25, 0.3) is 0 Å². The third-order valence-electron chi connectivity index (χ3n) is 4.53. The Labute approximate surface area is 163 Å². The number of amides is 2. The van der Waals surface area contributed by atoms with Gasteiger partial charge >= 0.3 is 6.03 Å². The summed E-state index contributed by atoms with van der Waals surface area (Å²) in [6.45, 7) is 2.11. The molecule has 146 valence electrons. The van der Waals surface area contributed by atoms with E-state index in [4.69, 9.17) is 4.74 Å². The Morgan fingerprint density at radius 3 is 2.61 bits per heavy atom. The maximum Gasteiger partial charge on any atom is 0.321 e. The van der Waals surface area contributed by atoms with Crippen LogP contribution in [0.3, 0.4) is 0 Å². The second-order valence-electron chi connectivity index (χ2n) is 6.66. The number of aryl methyl sites for hydroxylation is 1. The van der Waals surface area contributed by atoms with E-state index in [1.54, 1.807) is 43.3 Å². The van der Waals surface area contributed by atoms with Crippen LogP contribution in [0.5, 0.6) is 5.75 Å². The largest absolute Gasteiger partial charge is 0.497 e. The normalized spacial score (nSPS) is 10.7. The van der Waals surface area contributed by atoms with E-state index in [0.29, 0.717) is 17.8 Å². The fourth-order valence-electron chi connectivity index (χ4n) is 2.88. The lowest BCUT2D eigenvalue weighted by Crippen LogP contribution is -2.32. The first-order valence-corrected chi connectivity index (χ1v) is 9.12. The average Bonchev–Trinajstić information content (AvgIpc) is 3.09. The summed E-state index contributed by atoms with van der Waals surface area (Å²) < 4.78 is 5.22. The van der Waals surface area contributed by atoms with Crippen molar-refractivity contribution in [2.24, 2.45) is 0 Å². The van der Waals surface area contributed by atoms with Crippen molar-refractivity contribution in [3.05, 3.63) is 53.9 Å². The van der Waals surface area contributed by atoms with Gasteiger partial charge in [-0.25, -0.2) is 9.78 Å². The number of urea groups is 1. The number of rotatable bonds is 7. The highest BCUT2D eigenvalue weighted by atomic mass is 16.5. The van der Waals surface area contributed by atoms with E-state index in [1.165, 1.54) is 6.92 Å². The van der Waals surface area contributed by atoms with Gasteiger partial charge in [0.1, 0.15) is 11.6 Å². The molecule has 7 heteroatoms. The van der Waals surface area contributed by atoms with Crippen molar-refractivity contribution < 1.29 is 14.3 Å². The molecule has 0 fully saturated rings. The van der Waals surface area contributed by atoms with Crippen LogP contribution < -0.4 is 10.1 Å². The molecule has 7 nitrogen and oxygen atoms in total. The molecule has 0 saturated carbocycles. The van der Waals surface area contributed by atoms with Crippen molar-refractivity contribution in [2.45, 2.75) is 19.8 Å². The maximum absolute atomic E-state index is 12.3. The van der Waals surface area contributed by atoms with E-state index < -0.39 is 0 Å². The number of H-pyrrole nitrogens is 1. The topological polar surface area (TPSA) is 87.3 Å². The Morgan fingerprint density at radius 2 is 1.93 bits per heavy atom. The molecule has 0 bridgehead atoms. The second-order valence-corrected chi connectivity index (χ2v) is 6.66. The van der Waals surface area contributed by atoms with Gasteiger partial charge in [-0.15, -0.1) is 0 Å². The zero-order chi connectivity index (χ0) is 20.1. The molecule has 0 unspecified atom stereocenters. The van der Waals surface area contributed by atoms with Crippen LogP contribution in [0.25, 0.3) is 11.0 Å². The first kappa shape index (κ1) is 19.4. The van der Waals surface area contributed by atoms with E-state index >= 15 is 0 Å². The number of ether oxygens (including phenoxy) is 1. The quantitative estimate of drug-likeness (QED) is 0.609. The molecular weight excluding hydrogens is 356 g/mol. The number of benzene rings is 2. The number of imidazole rings is 1. The standard InChI is InChI=1S/C21H24N4O3/c1-14(26)15-6-8-16(9-7-15)22-21(27)25(2)12-4-5-20-23-18-11-10-17(28-3)13-19(18)24-20/h6-11,13H,4-5,12H2,1-3H3,(H,22,27)(H,23,24). The number of aromatic amines is 1. The Bertz CT molecular complexity index is 979. The molecule has 1 heterocycles. The van der Waals surface area contributed by atoms with Crippen LogP contribution in [0.4, 0.5) is 10.5 Å². The van der Waals surface area contributed by atoms with Crippen LogP contribution in [0.15, 0.2) is 42.5 Å². The van der Waals surface area contributed by atoms with Gasteiger partial charge in [0.2, 0.25) is 0 Å². The van der Waals surface area contributed by atoms with E-state index in [0.717, 1.165) is 35.4 Å². The smallest absolute Gasteiger partial charge is 0.321 e. The summed E-state index contributed by atoms with van der Waals surface area (Å²) in [5, 5.41) is 2.83. The number of anilines is 1. The monoisotopic (exact) mass is 380 g/mol. The third kappa shape index (κ3) is 4.68. The molecule has 0 aliphatic carbocycles. The van der Waals surface area contributed by atoms with Crippen molar-refractivity contribution in [1.82, 2.24) is 14.9 Å². The molecule has 0 aliphatic heterocycles. The highest BCUT2D eigenvalue weighted by Gasteiger charge is 2.10. The lowest BCUT2D eigenvalue weighted by atomic mass is 10.1. The summed E-state index contributed by atoms with van der Waals surface area (Å²) in [6, 6.07) is 12.4. The number of nitrogens with zero attached hydrogens (tertiary/aromatic N) is 2. The van der Waals surface area contributed by atoms with Crippen molar-refractivity contribution in [3.63, 3.8) is 0 Å². The number of hydrogen-bond donors (Lipinski definition) is 2. The predicted molar refractivity (Wildman–Crippen MR) is 109 cm³/mol. The number of carbonyl (C=O) groups is 2. The molecule has 3 aromatic rings. The summed E-state index contributed by atoms with van der Waals surface area (Å²) in [5.41, 5.74) is 3.12. The maximum atomic E-state index is 12.3. The molecule has 0 aliphatic rings. The molecule has 0 radical (unpaired) electrons. The molecule has 0 atom stereocenters. The summed E-state index contributed by atoms with van der Waals surface area (Å²) in [6.07, 6.45) is 1.52. The molecule has 3 rings (SSSR count). The highest BCUT2D eigenvalue weighted by molar-refractivity contribution is 5.95. The second kappa shape index (κ2) is 8.56. The highest BCUT2D eigenvalue weighted by Crippen LogP contribution is 2.19. The zero-order valence-electron chi connectivity index (χ0n) is 16.3. The molecule has 28 heavy (non-hydrogen) atoms. The van der Waals surface area contributed by atoms with Crippen LogP contribution in [0.1, 0.15) is 29.5 Å². The molecule has 2 N–H and O–H groups in total. The fraction of sp³-hybridized carbons (Fsp3) is 0.286. The lowest BCUT2D eigenvalue weighted by Gasteiger charge is -2.17. The number of hydrogen-bond acceptors (Lipinski definition) is 4. The van der Waals surface area contributed by atoms with E-state index in [-0.39, 0.29) is 11.8 Å². The minimum atomic E-state index is -0.190. The number of carbonyl (C=O) groups excluding carboxylic acids is 2. The van der Waals surface area contributed by atoms with Gasteiger partial charge < -0.3 is 19.9 Å². The van der Waals surface area contributed by atoms with E-state index in [9.17, 15) is 9.59 Å². The predicted octanol–water partition coefficient (Wildman–Crippen LogP) is 3.87. The van der Waals surface area contributed by atoms with Gasteiger partial charge in [-0.05, 0) is 49.7 Å². The molecule has 0 saturated heterocycles. The lowest BCUT2D eigenvalue weighted by molar-refractivity contribution is 0.101. The average molecular weight is 380 g/mol. The van der Waals surface area contributed by atoms with E-state index in [1.807, 2.05) is 18.2 Å². The molecule has 1 aromatic heterocycles. The first-order valence-electron chi connectivity index (χ1n) is 9.12. The van der Waals surface area contributed by atoms with Crippen molar-refractivity contribution in [3.8, 4) is 5.75 Å². The van der Waals surface area contributed by atoms with E-state index in [2.05, 4.69) is 15.3 Å². The summed E-state index contributed by atoms with van der Waals surface area (Å²) >= 11 is 0. The van der Waals surface area contributed by atoms with Gasteiger partial charge in [-0.1, -0.05) is 0 Å². The van der Waals surface area contributed by atoms with Crippen LogP contribution in [0, 0.1) is 0 Å². The summed E-state index contributed by atoms with van der Waals surface area (Å²) in [4.78, 5) is 33.1. The van der Waals surface area contributed by atoms with Gasteiger partial charge in [-0.3, -0.25) is 4.79 Å². The van der Waals surface area contributed by atoms with Gasteiger partial charge in [-0.2, -0.15) is 0 Å². The van der Waals surface area contributed by atoms with Crippen molar-refractivity contribution in [2.75, 3.05) is 26.0 Å². The molecule has 0 spiro atoms. The van der Waals surface area contributed by atoms with Crippen molar-refractivity contribution in [1.29, 1.82) is 0 Å². The number of ketones is 1. The number of aromatic nitrogens is 2. The molecular formula is C21H24N4O3.